The van der Waals surface area contributed by atoms with E-state index in [1.165, 1.54) is 22.3 Å². The number of ether oxygens (including phenoxy) is 4. The number of nitrogens with one attached hydrogen (secondary N) is 5. The lowest BCUT2D eigenvalue weighted by Gasteiger charge is -2.58. The number of hydrogen-bond donors (Lipinski definition) is 7. The predicted molar refractivity (Wildman–Crippen MR) is 204 cm³/mol. The number of benzene rings is 3. The minimum Gasteiger partial charge on any atom is -0.561 e. The Labute approximate surface area is 312 Å². The van der Waals surface area contributed by atoms with Crippen LogP contribution >= 0.6 is 0 Å². The second-order valence-corrected chi connectivity index (χ2v) is 19.5. The Bertz CT molecular complexity index is 2110. The molecule has 12 heteroatoms. The van der Waals surface area contributed by atoms with Crippen LogP contribution in [0, 0.1) is 0 Å². The minimum absolute atomic E-state index is 0.111. The Morgan fingerprint density at radius 2 is 1.13 bits per heavy atom. The molecule has 0 aromatic heterocycles. The summed E-state index contributed by atoms with van der Waals surface area (Å²) in [6.45, 7) is 26.8. The van der Waals surface area contributed by atoms with Gasteiger partial charge in [0.2, 0.25) is 0 Å². The van der Waals surface area contributed by atoms with Gasteiger partial charge in [-0.15, -0.1) is 0 Å². The molecule has 0 radical (unpaired) electrons. The zero-order valence-corrected chi connectivity index (χ0v) is 33.1. The maximum atomic E-state index is 7.15. The highest BCUT2D eigenvalue weighted by molar-refractivity contribution is 5.75. The molecule has 0 amide bonds. The average molecular weight is 724 g/mol. The van der Waals surface area contributed by atoms with Crippen LogP contribution < -0.4 is 58.0 Å². The van der Waals surface area contributed by atoms with Crippen LogP contribution in [0.5, 0.6) is 34.5 Å². The van der Waals surface area contributed by atoms with E-state index in [0.29, 0.717) is 23.0 Å². The van der Waals surface area contributed by atoms with Gasteiger partial charge in [0.15, 0.2) is 34.5 Å². The summed E-state index contributed by atoms with van der Waals surface area (Å²) in [6, 6.07) is 8.97. The van der Waals surface area contributed by atoms with Crippen molar-refractivity contribution in [3.8, 4) is 34.5 Å². The topological polar surface area (TPSA) is 163 Å². The molecule has 0 bridgehead atoms. The Balaban J connectivity index is 1.25. The molecule has 3 heterocycles. The summed E-state index contributed by atoms with van der Waals surface area (Å²) >= 11 is 0. The summed E-state index contributed by atoms with van der Waals surface area (Å²) < 4.78 is 27.6. The summed E-state index contributed by atoms with van der Waals surface area (Å²) in [7, 11) is 0. The first-order chi connectivity index (χ1) is 24.6. The van der Waals surface area contributed by atoms with Crippen LogP contribution in [0.1, 0.15) is 153 Å². The third kappa shape index (κ3) is 4.35. The van der Waals surface area contributed by atoms with Crippen molar-refractivity contribution in [3.05, 3.63) is 74.2 Å². The summed E-state index contributed by atoms with van der Waals surface area (Å²) in [5.74, 6) is 16.4. The Morgan fingerprint density at radius 3 is 1.64 bits per heavy atom. The van der Waals surface area contributed by atoms with Gasteiger partial charge in [0.25, 0.3) is 0 Å². The number of fused-ring (bicyclic) bond motifs is 8. The normalized spacial score (nSPS) is 27.6. The van der Waals surface area contributed by atoms with Crippen LogP contribution in [-0.2, 0) is 27.1 Å². The smallest absolute Gasteiger partial charge is 0.176 e. The van der Waals surface area contributed by atoms with Gasteiger partial charge in [0.05, 0.1) is 0 Å². The third-order valence-electron chi connectivity index (χ3n) is 14.4. The van der Waals surface area contributed by atoms with Crippen LogP contribution in [0.4, 0.5) is 0 Å². The molecule has 53 heavy (non-hydrogen) atoms. The van der Waals surface area contributed by atoms with E-state index in [1.54, 1.807) is 0 Å². The van der Waals surface area contributed by atoms with E-state index in [9.17, 15) is 0 Å². The van der Waals surface area contributed by atoms with Gasteiger partial charge < -0.3 is 29.9 Å². The lowest BCUT2D eigenvalue weighted by Crippen LogP contribution is -2.56. The second-order valence-electron chi connectivity index (χ2n) is 19.5. The molecule has 9 N–H and O–H groups in total. The maximum Gasteiger partial charge on any atom is 0.176 e. The van der Waals surface area contributed by atoms with Gasteiger partial charge in [-0.1, -0.05) is 55.4 Å². The first kappa shape index (κ1) is 35.3. The molecule has 0 saturated carbocycles. The van der Waals surface area contributed by atoms with Crippen molar-refractivity contribution in [2.24, 2.45) is 11.7 Å². The zero-order valence-electron chi connectivity index (χ0n) is 33.1. The van der Waals surface area contributed by atoms with Gasteiger partial charge in [-0.05, 0) is 126 Å². The molecule has 2 unspecified atom stereocenters. The molecule has 9 rings (SSSR count). The Hall–Kier alpha value is -3.46. The maximum absolute atomic E-state index is 7.15. The van der Waals surface area contributed by atoms with Gasteiger partial charge in [0, 0.05) is 16.5 Å². The van der Waals surface area contributed by atoms with Gasteiger partial charge >= 0.3 is 0 Å². The molecular formula is C41H55N8O4-. The fourth-order valence-corrected chi connectivity index (χ4v) is 10.6. The summed E-state index contributed by atoms with van der Waals surface area (Å²) in [5.41, 5.74) is 26.6. The van der Waals surface area contributed by atoms with Crippen molar-refractivity contribution in [1.82, 2.24) is 27.3 Å². The SMILES string of the molecule is CC1(C)CC2(CC(C)(C)c3cc4c(cc32)OC(C)(C)C(C)(C)O4)c2cc3c(cc21)Oc1c(c(C2[N-]NNN2)c2c(c1C(NN)NN)C(C)(C)C2(C)C)O3. The molecule has 3 aliphatic heterocycles. The quantitative estimate of drug-likeness (QED) is 0.0662. The van der Waals surface area contributed by atoms with Gasteiger partial charge in [-0.25, -0.2) is 16.4 Å². The highest BCUT2D eigenvalue weighted by Gasteiger charge is 2.60. The number of hydrogen-bond acceptors (Lipinski definition) is 11. The lowest BCUT2D eigenvalue weighted by molar-refractivity contribution is -0.0992. The monoisotopic (exact) mass is 723 g/mol. The average Bonchev–Trinajstić information content (AvgIpc) is 3.72. The minimum atomic E-state index is -0.601. The summed E-state index contributed by atoms with van der Waals surface area (Å²) in [6.07, 6.45) is 0.836. The van der Waals surface area contributed by atoms with Crippen LogP contribution in [-0.4, -0.2) is 11.2 Å². The van der Waals surface area contributed by atoms with E-state index in [2.05, 4.69) is 140 Å². The summed E-state index contributed by atoms with van der Waals surface area (Å²) in [5, 5.41) is 0. The van der Waals surface area contributed by atoms with E-state index < -0.39 is 23.5 Å². The zero-order chi connectivity index (χ0) is 38.1. The van der Waals surface area contributed by atoms with Crippen molar-refractivity contribution < 1.29 is 18.9 Å². The highest BCUT2D eigenvalue weighted by atomic mass is 16.6. The molecule has 3 aliphatic carbocycles. The first-order valence-electron chi connectivity index (χ1n) is 18.9. The fourth-order valence-electron chi connectivity index (χ4n) is 10.6. The molecule has 284 valence electrons. The molecule has 1 spiro atoms. The lowest BCUT2D eigenvalue weighted by atomic mass is 9.47. The van der Waals surface area contributed by atoms with E-state index in [1.807, 2.05) is 0 Å². The van der Waals surface area contributed by atoms with Crippen LogP contribution in [0.15, 0.2) is 24.3 Å². The summed E-state index contributed by atoms with van der Waals surface area (Å²) in [4.78, 5) is 0. The number of hydrazine groups is 4. The van der Waals surface area contributed by atoms with Crippen LogP contribution in [0.25, 0.3) is 5.43 Å². The van der Waals surface area contributed by atoms with E-state index in [0.717, 1.165) is 46.6 Å². The van der Waals surface area contributed by atoms with E-state index in [4.69, 9.17) is 30.6 Å². The predicted octanol–water partition coefficient (Wildman–Crippen LogP) is 6.96. The van der Waals surface area contributed by atoms with E-state index in [-0.39, 0.29) is 27.1 Å². The second kappa shape index (κ2) is 10.4. The molecule has 1 saturated heterocycles. The van der Waals surface area contributed by atoms with Crippen molar-refractivity contribution in [3.63, 3.8) is 0 Å². The molecule has 12 nitrogen and oxygen atoms in total. The highest BCUT2D eigenvalue weighted by Crippen LogP contribution is 2.69. The molecule has 6 aliphatic rings. The van der Waals surface area contributed by atoms with Crippen LogP contribution in [0.2, 0.25) is 0 Å². The van der Waals surface area contributed by atoms with Gasteiger partial charge in [-0.2, -0.15) is 0 Å². The number of rotatable bonds is 4. The van der Waals surface area contributed by atoms with Gasteiger partial charge in [-0.3, -0.25) is 17.1 Å². The molecule has 3 aromatic rings. The molecule has 3 aromatic carbocycles. The Kier molecular flexibility index (Phi) is 6.94. The molecule has 2 atom stereocenters. The van der Waals surface area contributed by atoms with Crippen molar-refractivity contribution in [1.29, 1.82) is 0 Å². The Morgan fingerprint density at radius 1 is 0.660 bits per heavy atom. The fraction of sp³-hybridized carbons (Fsp3) is 0.561. The first-order valence-corrected chi connectivity index (χ1v) is 18.9. The van der Waals surface area contributed by atoms with Crippen molar-refractivity contribution >= 4 is 0 Å². The largest absolute Gasteiger partial charge is 0.561 e. The standard InChI is InChI=1S/C41H55N8O4/c1-35(2)17-41(18-36(3,4)20-14-25-26(16-22(20)41)53-40(11,12)39(9,10)52-25)21-15-24-23(13-19(21)35)50-31-27(33(44-42)45-43)29-30(38(7,8)37(29,5)6)28(32(31)51-24)34-46-48-49-47-34/h13-16,33-34,44-46,48-49H,17-18,42-43H2,1-12H3/q-1. The molecular weight excluding hydrogens is 669 g/mol. The van der Waals surface area contributed by atoms with Crippen molar-refractivity contribution in [2.75, 3.05) is 0 Å². The third-order valence-corrected chi connectivity index (χ3v) is 14.4. The number of nitrogens with zero attached hydrogens (tertiary/aromatic N) is 1. The van der Waals surface area contributed by atoms with Crippen molar-refractivity contribution in [2.45, 2.75) is 147 Å². The van der Waals surface area contributed by atoms with E-state index >= 15 is 0 Å². The van der Waals surface area contributed by atoms with Gasteiger partial charge in [0.1, 0.15) is 17.4 Å². The number of nitrogens with two attached hydrogens (primary N) is 2. The molecule has 1 fully saturated rings. The van der Waals surface area contributed by atoms with Crippen LogP contribution in [0.3, 0.4) is 0 Å².